The minimum Gasteiger partial charge on any atom is -0.377 e. The highest BCUT2D eigenvalue weighted by atomic mass is 15.6. The molecule has 0 aliphatic carbocycles. The first kappa shape index (κ1) is 10.6. The first-order chi connectivity index (χ1) is 7.79. The molecule has 0 saturated heterocycles. The van der Waals surface area contributed by atoms with E-state index in [0.717, 1.165) is 12.1 Å². The van der Waals surface area contributed by atoms with Gasteiger partial charge in [0.1, 0.15) is 0 Å². The minimum absolute atomic E-state index is 0.602. The van der Waals surface area contributed by atoms with Crippen LogP contribution in [0.2, 0.25) is 0 Å². The third kappa shape index (κ3) is 2.36. The zero-order chi connectivity index (χ0) is 11.4. The number of nitrogens with one attached hydrogen (secondary N) is 1. The first-order valence-electron chi connectivity index (χ1n) is 5.34. The van der Waals surface area contributed by atoms with E-state index >= 15 is 0 Å². The summed E-state index contributed by atoms with van der Waals surface area (Å²) in [4.78, 5) is 1.46. The Hall–Kier alpha value is -1.91. The van der Waals surface area contributed by atoms with E-state index in [1.165, 1.54) is 10.4 Å². The molecule has 0 fully saturated rings. The van der Waals surface area contributed by atoms with Crippen LogP contribution in [0.15, 0.2) is 24.3 Å². The predicted molar refractivity (Wildman–Crippen MR) is 61.9 cm³/mol. The number of rotatable bonds is 4. The molecule has 5 heteroatoms. The number of nitrogens with zero attached hydrogens (tertiary/aromatic N) is 4. The molecule has 16 heavy (non-hydrogen) atoms. The number of aromatic nitrogens is 4. The molecule has 84 valence electrons. The molecule has 1 aromatic heterocycles. The van der Waals surface area contributed by atoms with E-state index in [1.54, 1.807) is 7.05 Å². The number of hydrogen-bond acceptors (Lipinski definition) is 4. The summed E-state index contributed by atoms with van der Waals surface area (Å²) in [6.45, 7) is 2.74. The lowest BCUT2D eigenvalue weighted by atomic mass is 10.1. The van der Waals surface area contributed by atoms with Gasteiger partial charge in [-0.05, 0) is 23.3 Å². The summed E-state index contributed by atoms with van der Waals surface area (Å²) in [5.74, 6) is 0.702. The number of tetrazole rings is 1. The van der Waals surface area contributed by atoms with Crippen molar-refractivity contribution >= 4 is 5.69 Å². The Balaban J connectivity index is 2.04. The van der Waals surface area contributed by atoms with E-state index in [4.69, 9.17) is 0 Å². The summed E-state index contributed by atoms with van der Waals surface area (Å²) < 4.78 is 0. The molecule has 0 saturated carbocycles. The molecule has 5 nitrogen and oxygen atoms in total. The molecule has 0 aliphatic rings. The SMILES string of the molecule is CCc1ccccc1NCc1nnn(C)n1. The lowest BCUT2D eigenvalue weighted by Gasteiger charge is -2.08. The minimum atomic E-state index is 0.602. The molecule has 1 heterocycles. The van der Waals surface area contributed by atoms with Crippen LogP contribution in [-0.4, -0.2) is 20.2 Å². The highest BCUT2D eigenvalue weighted by Gasteiger charge is 2.02. The van der Waals surface area contributed by atoms with E-state index in [2.05, 4.69) is 39.8 Å². The number of anilines is 1. The maximum atomic E-state index is 4.11. The number of para-hydroxylation sites is 1. The van der Waals surface area contributed by atoms with Gasteiger partial charge in [-0.3, -0.25) is 0 Å². The number of benzene rings is 1. The van der Waals surface area contributed by atoms with Crippen molar-refractivity contribution in [3.05, 3.63) is 35.7 Å². The van der Waals surface area contributed by atoms with Gasteiger partial charge >= 0.3 is 0 Å². The van der Waals surface area contributed by atoms with Gasteiger partial charge in [0.15, 0.2) is 5.82 Å². The van der Waals surface area contributed by atoms with Crippen molar-refractivity contribution in [3.8, 4) is 0 Å². The summed E-state index contributed by atoms with van der Waals surface area (Å²) in [5.41, 5.74) is 2.43. The molecule has 2 rings (SSSR count). The fourth-order valence-corrected chi connectivity index (χ4v) is 1.57. The van der Waals surface area contributed by atoms with Crippen molar-refractivity contribution in [3.63, 3.8) is 0 Å². The highest BCUT2D eigenvalue weighted by Crippen LogP contribution is 2.15. The smallest absolute Gasteiger partial charge is 0.193 e. The predicted octanol–water partition coefficient (Wildman–Crippen LogP) is 1.38. The van der Waals surface area contributed by atoms with Crippen LogP contribution in [0, 0.1) is 0 Å². The monoisotopic (exact) mass is 217 g/mol. The summed E-state index contributed by atoms with van der Waals surface area (Å²) in [5, 5.41) is 15.1. The van der Waals surface area contributed by atoms with Crippen molar-refractivity contribution in [2.45, 2.75) is 19.9 Å². The van der Waals surface area contributed by atoms with Crippen LogP contribution in [0.1, 0.15) is 18.3 Å². The normalized spacial score (nSPS) is 10.4. The molecule has 1 N–H and O–H groups in total. The topological polar surface area (TPSA) is 55.6 Å². The zero-order valence-electron chi connectivity index (χ0n) is 9.51. The van der Waals surface area contributed by atoms with Crippen molar-refractivity contribution < 1.29 is 0 Å². The molecule has 2 aromatic rings. The number of hydrogen-bond donors (Lipinski definition) is 1. The molecule has 0 radical (unpaired) electrons. The lowest BCUT2D eigenvalue weighted by molar-refractivity contribution is 0.628. The van der Waals surface area contributed by atoms with Crippen LogP contribution in [0.25, 0.3) is 0 Å². The maximum absolute atomic E-state index is 4.11. The summed E-state index contributed by atoms with van der Waals surface area (Å²) in [7, 11) is 1.76. The average molecular weight is 217 g/mol. The molecular weight excluding hydrogens is 202 g/mol. The Morgan fingerprint density at radius 2 is 2.12 bits per heavy atom. The lowest BCUT2D eigenvalue weighted by Crippen LogP contribution is -2.04. The van der Waals surface area contributed by atoms with Gasteiger partial charge in [-0.25, -0.2) is 0 Å². The second kappa shape index (κ2) is 4.74. The largest absolute Gasteiger partial charge is 0.377 e. The van der Waals surface area contributed by atoms with E-state index in [-0.39, 0.29) is 0 Å². The van der Waals surface area contributed by atoms with Gasteiger partial charge in [0.2, 0.25) is 0 Å². The van der Waals surface area contributed by atoms with Crippen LogP contribution in [0.5, 0.6) is 0 Å². The van der Waals surface area contributed by atoms with Crippen LogP contribution < -0.4 is 5.32 Å². The van der Waals surface area contributed by atoms with Crippen LogP contribution in [0.3, 0.4) is 0 Å². The van der Waals surface area contributed by atoms with Crippen molar-refractivity contribution in [2.75, 3.05) is 5.32 Å². The van der Waals surface area contributed by atoms with E-state index in [0.29, 0.717) is 12.4 Å². The molecule has 0 atom stereocenters. The van der Waals surface area contributed by atoms with Crippen LogP contribution in [-0.2, 0) is 20.0 Å². The van der Waals surface area contributed by atoms with E-state index in [1.807, 2.05) is 12.1 Å². The summed E-state index contributed by atoms with van der Waals surface area (Å²) in [6.07, 6.45) is 1.01. The van der Waals surface area contributed by atoms with Crippen molar-refractivity contribution in [2.24, 2.45) is 7.05 Å². The van der Waals surface area contributed by atoms with Gasteiger partial charge in [-0.15, -0.1) is 10.2 Å². The second-order valence-electron chi connectivity index (χ2n) is 3.56. The van der Waals surface area contributed by atoms with Gasteiger partial charge in [0, 0.05) is 5.69 Å². The number of aryl methyl sites for hydroxylation is 2. The van der Waals surface area contributed by atoms with Crippen LogP contribution in [0.4, 0.5) is 5.69 Å². The Bertz CT molecular complexity index is 463. The van der Waals surface area contributed by atoms with E-state index < -0.39 is 0 Å². The standard InChI is InChI=1S/C11H15N5/c1-3-9-6-4-5-7-10(9)12-8-11-13-15-16(2)14-11/h4-7,12H,3,8H2,1-2H3. The molecule has 1 aromatic carbocycles. The van der Waals surface area contributed by atoms with Crippen molar-refractivity contribution in [1.82, 2.24) is 20.2 Å². The van der Waals surface area contributed by atoms with E-state index in [9.17, 15) is 0 Å². The summed E-state index contributed by atoms with van der Waals surface area (Å²) in [6, 6.07) is 8.25. The molecule has 0 spiro atoms. The Morgan fingerprint density at radius 3 is 2.81 bits per heavy atom. The Kier molecular flexibility index (Phi) is 3.14. The highest BCUT2D eigenvalue weighted by molar-refractivity contribution is 5.50. The molecule has 0 unspecified atom stereocenters. The Labute approximate surface area is 94.5 Å². The first-order valence-corrected chi connectivity index (χ1v) is 5.34. The summed E-state index contributed by atoms with van der Waals surface area (Å²) >= 11 is 0. The van der Waals surface area contributed by atoms with Gasteiger partial charge in [0.05, 0.1) is 13.6 Å². The molecule has 0 aliphatic heterocycles. The fourth-order valence-electron chi connectivity index (χ4n) is 1.57. The van der Waals surface area contributed by atoms with Gasteiger partial charge in [-0.1, -0.05) is 25.1 Å². The zero-order valence-corrected chi connectivity index (χ0v) is 9.51. The van der Waals surface area contributed by atoms with Crippen LogP contribution >= 0.6 is 0 Å². The quantitative estimate of drug-likeness (QED) is 0.840. The molecule has 0 amide bonds. The van der Waals surface area contributed by atoms with Gasteiger partial charge in [0.25, 0.3) is 0 Å². The second-order valence-corrected chi connectivity index (χ2v) is 3.56. The average Bonchev–Trinajstić information content (AvgIpc) is 2.73. The molecular formula is C11H15N5. The van der Waals surface area contributed by atoms with Crippen molar-refractivity contribution in [1.29, 1.82) is 0 Å². The van der Waals surface area contributed by atoms with Gasteiger partial charge < -0.3 is 5.32 Å². The third-order valence-corrected chi connectivity index (χ3v) is 2.38. The fraction of sp³-hybridized carbons (Fsp3) is 0.364. The third-order valence-electron chi connectivity index (χ3n) is 2.38. The van der Waals surface area contributed by atoms with Gasteiger partial charge in [-0.2, -0.15) is 4.80 Å². The Morgan fingerprint density at radius 1 is 1.31 bits per heavy atom. The maximum Gasteiger partial charge on any atom is 0.193 e. The molecule has 0 bridgehead atoms.